The molecule has 4 heterocycles. The van der Waals surface area contributed by atoms with Crippen molar-refractivity contribution in [3.63, 3.8) is 0 Å². The smallest absolute Gasteiger partial charge is 0.255 e. The molecule has 3 atom stereocenters. The highest BCUT2D eigenvalue weighted by molar-refractivity contribution is 6.06. The van der Waals surface area contributed by atoms with Crippen molar-refractivity contribution in [3.8, 4) is 23.0 Å². The second kappa shape index (κ2) is 31.1. The van der Waals surface area contributed by atoms with Crippen LogP contribution in [0.4, 0.5) is 0 Å². The molecule has 8 rings (SSSR count). The molecule has 8 amide bonds. The van der Waals surface area contributed by atoms with E-state index >= 15 is 0 Å². The Morgan fingerprint density at radius 3 is 0.893 bits per heavy atom. The molecule has 4 aromatic carbocycles. The number of nitrogens with zero attached hydrogens (tertiary/aromatic N) is 4. The number of fused-ring (bicyclic) bond motifs is 16. The Morgan fingerprint density at radius 2 is 0.619 bits per heavy atom. The summed E-state index contributed by atoms with van der Waals surface area (Å²) in [5, 5.41) is 68.6. The maximum absolute atomic E-state index is 14.4. The van der Waals surface area contributed by atoms with Gasteiger partial charge in [-0.15, -0.1) is 0 Å². The highest BCUT2D eigenvalue weighted by Crippen LogP contribution is 2.26. The Hall–Kier alpha value is -8.65. The van der Waals surface area contributed by atoms with Gasteiger partial charge in [0, 0.05) is 137 Å². The van der Waals surface area contributed by atoms with Crippen LogP contribution in [0.2, 0.25) is 0 Å². The standard InChI is InChI=1S/C59H76N12O13/c1-38(72)9-3-2-4-10-39-37-71-32-25-66-57(82)45-16-7-15-44(50(45)75)54(79)62-21-28-69(29-22-65-58(83)46-17-8-18-47(51(46)76)59(84)67-39)34-33-68-26-19-60-52(77)40-11-5-13-42(48(40)73)55(80)63-23-30-70(35-36-71)31-24-64-56(81)43-14-6-12-41(49(43)74)53(78)61-20-27-68/h5-8,11-18,39,73-76H,2-4,9-10,19-37H2,1H3,(H,60,77)(H,61,78)(H,62,79)(H,63,80)(H,64,81)(H,65,83)(H,66,82)(H,67,84). The van der Waals surface area contributed by atoms with Gasteiger partial charge < -0.3 is 67.8 Å². The minimum absolute atomic E-state index is 0.00398. The summed E-state index contributed by atoms with van der Waals surface area (Å²) in [6.45, 7) is 3.82. The molecule has 4 aliphatic rings. The molecule has 0 fully saturated rings. The number of phenols is 4. The molecule has 0 aliphatic carbocycles. The molecule has 0 radical (unpaired) electrons. The van der Waals surface area contributed by atoms with E-state index in [2.05, 4.69) is 42.5 Å². The molecule has 0 saturated carbocycles. The van der Waals surface area contributed by atoms with Gasteiger partial charge in [0.1, 0.15) is 28.8 Å². The number of hydrogen-bond donors (Lipinski definition) is 12. The van der Waals surface area contributed by atoms with E-state index in [1.165, 1.54) is 79.7 Å². The third-order valence-corrected chi connectivity index (χ3v) is 15.0. The Balaban J connectivity index is 1.32. The van der Waals surface area contributed by atoms with Gasteiger partial charge in [0.25, 0.3) is 47.3 Å². The molecule has 0 spiro atoms. The second-order valence-electron chi connectivity index (χ2n) is 20.9. The number of benzene rings is 4. The molecule has 84 heavy (non-hydrogen) atoms. The van der Waals surface area contributed by atoms with Crippen molar-refractivity contribution in [2.45, 2.75) is 45.1 Å². The van der Waals surface area contributed by atoms with Crippen LogP contribution in [0.3, 0.4) is 0 Å². The van der Waals surface area contributed by atoms with E-state index in [4.69, 9.17) is 0 Å². The zero-order valence-corrected chi connectivity index (χ0v) is 47.2. The number of carbonyl (C=O) groups excluding carboxylic acids is 9. The largest absolute Gasteiger partial charge is 0.506 e. The molecule has 3 unspecified atom stereocenters. The molecule has 4 aromatic rings. The molecule has 25 nitrogen and oxygen atoms in total. The van der Waals surface area contributed by atoms with Crippen LogP contribution in [-0.2, 0) is 4.79 Å². The summed E-state index contributed by atoms with van der Waals surface area (Å²) >= 11 is 0. The summed E-state index contributed by atoms with van der Waals surface area (Å²) in [7, 11) is 0. The first kappa shape index (κ1) is 62.9. The maximum atomic E-state index is 14.4. The maximum Gasteiger partial charge on any atom is 0.255 e. The summed E-state index contributed by atoms with van der Waals surface area (Å²) in [5.74, 6) is -7.40. The highest BCUT2D eigenvalue weighted by Gasteiger charge is 2.27. The molecular weight excluding hydrogens is 1080 g/mol. The van der Waals surface area contributed by atoms with Crippen LogP contribution >= 0.6 is 0 Å². The van der Waals surface area contributed by atoms with Gasteiger partial charge in [0.2, 0.25) is 0 Å². The summed E-state index contributed by atoms with van der Waals surface area (Å²) in [4.78, 5) is 130. The fourth-order valence-corrected chi connectivity index (χ4v) is 10.2. The first-order valence-electron chi connectivity index (χ1n) is 28.4. The average Bonchev–Trinajstić information content (AvgIpc) is 3.66. The number of ketones is 1. The second-order valence-corrected chi connectivity index (χ2v) is 20.9. The summed E-state index contributed by atoms with van der Waals surface area (Å²) in [5.41, 5.74) is -1.20. The molecule has 12 N–H and O–H groups in total. The first-order chi connectivity index (χ1) is 40.5. The van der Waals surface area contributed by atoms with E-state index in [0.29, 0.717) is 32.1 Å². The van der Waals surface area contributed by atoms with Crippen molar-refractivity contribution >= 4 is 53.0 Å². The number of rotatable bonds is 6. The number of carbonyl (C=O) groups is 9. The van der Waals surface area contributed by atoms with Crippen LogP contribution in [-0.4, -0.2) is 223 Å². The van der Waals surface area contributed by atoms with E-state index in [9.17, 15) is 63.6 Å². The van der Waals surface area contributed by atoms with Crippen molar-refractivity contribution < 1.29 is 63.6 Å². The minimum Gasteiger partial charge on any atom is -0.506 e. The van der Waals surface area contributed by atoms with E-state index < -0.39 is 76.3 Å². The SMILES string of the molecule is CC(=O)CCCCCC1CN2CCNC(=O)c3cccc(c3O)C(=O)NCCN(CCNC(=O)c3cccc(c3O)C(=O)N1)CCN1CCNC(=O)c3cccc(c3O)C(=O)NCCN(CCNC(=O)c3cccc(c3O)C(=O)NCC1)CC2. The third-order valence-electron chi connectivity index (χ3n) is 15.0. The van der Waals surface area contributed by atoms with Crippen molar-refractivity contribution in [3.05, 3.63) is 117 Å². The van der Waals surface area contributed by atoms with Gasteiger partial charge in [-0.25, -0.2) is 0 Å². The zero-order valence-electron chi connectivity index (χ0n) is 47.2. The lowest BCUT2D eigenvalue weighted by Crippen LogP contribution is -2.49. The fraction of sp³-hybridized carbons (Fsp3) is 0.441. The van der Waals surface area contributed by atoms with Crippen molar-refractivity contribution in [2.75, 3.05) is 124 Å². The topological polar surface area (TPSA) is 344 Å². The number of para-hydroxylation sites is 4. The lowest BCUT2D eigenvalue weighted by atomic mass is 10.0. The van der Waals surface area contributed by atoms with E-state index in [1.807, 2.05) is 19.6 Å². The molecule has 0 saturated heterocycles. The number of Topliss-reactive ketones (excluding diaryl/α,β-unsaturated/α-hetero) is 1. The van der Waals surface area contributed by atoms with E-state index in [1.54, 1.807) is 0 Å². The lowest BCUT2D eigenvalue weighted by Gasteiger charge is -2.31. The molecule has 25 heteroatoms. The van der Waals surface area contributed by atoms with Crippen LogP contribution in [0.25, 0.3) is 0 Å². The summed E-state index contributed by atoms with van der Waals surface area (Å²) < 4.78 is 0. The molecular formula is C59H76N12O13. The van der Waals surface area contributed by atoms with E-state index in [-0.39, 0.29) is 175 Å². The molecule has 12 bridgehead atoms. The van der Waals surface area contributed by atoms with Gasteiger partial charge in [-0.1, -0.05) is 37.1 Å². The van der Waals surface area contributed by atoms with Crippen LogP contribution in [0.5, 0.6) is 23.0 Å². The van der Waals surface area contributed by atoms with Crippen LogP contribution in [0.15, 0.2) is 72.8 Å². The van der Waals surface area contributed by atoms with Gasteiger partial charge in [-0.05, 0) is 68.3 Å². The Morgan fingerprint density at radius 1 is 0.369 bits per heavy atom. The molecule has 4 aliphatic heterocycles. The van der Waals surface area contributed by atoms with Crippen molar-refractivity contribution in [1.29, 1.82) is 0 Å². The van der Waals surface area contributed by atoms with Crippen LogP contribution < -0.4 is 42.5 Å². The lowest BCUT2D eigenvalue weighted by molar-refractivity contribution is -0.117. The zero-order chi connectivity index (χ0) is 60.1. The fourth-order valence-electron chi connectivity index (χ4n) is 10.2. The normalized spacial score (nSPS) is 21.8. The van der Waals surface area contributed by atoms with Gasteiger partial charge in [-0.3, -0.25) is 58.0 Å². The van der Waals surface area contributed by atoms with Crippen LogP contribution in [0.1, 0.15) is 122 Å². The summed E-state index contributed by atoms with van der Waals surface area (Å²) in [6.07, 6.45) is 2.61. The van der Waals surface area contributed by atoms with Gasteiger partial charge in [0.05, 0.1) is 44.5 Å². The quantitative estimate of drug-likeness (QED) is 0.118. The molecule has 450 valence electrons. The number of unbranched alkanes of at least 4 members (excludes halogenated alkanes) is 2. The Bertz CT molecular complexity index is 2960. The van der Waals surface area contributed by atoms with Crippen molar-refractivity contribution in [1.82, 2.24) is 62.1 Å². The number of amides is 8. The Labute approximate surface area is 486 Å². The van der Waals surface area contributed by atoms with E-state index in [0.717, 1.165) is 0 Å². The highest BCUT2D eigenvalue weighted by atomic mass is 16.3. The number of hydrogen-bond acceptors (Lipinski definition) is 17. The number of nitrogens with one attached hydrogen (secondary N) is 8. The monoisotopic (exact) mass is 1160 g/mol. The number of phenolic OH excluding ortho intramolecular Hbond substituents is 4. The minimum atomic E-state index is -0.667. The van der Waals surface area contributed by atoms with Crippen molar-refractivity contribution in [2.24, 2.45) is 0 Å². The Kier molecular flexibility index (Phi) is 23.3. The summed E-state index contributed by atoms with van der Waals surface area (Å²) in [6, 6.07) is 16.4. The number of aromatic hydroxyl groups is 4. The third kappa shape index (κ3) is 17.7. The first-order valence-corrected chi connectivity index (χ1v) is 28.4. The van der Waals surface area contributed by atoms with Gasteiger partial charge in [-0.2, -0.15) is 0 Å². The molecule has 0 aromatic heterocycles. The van der Waals surface area contributed by atoms with Crippen LogP contribution in [0, 0.1) is 0 Å². The average molecular weight is 1160 g/mol. The van der Waals surface area contributed by atoms with Gasteiger partial charge >= 0.3 is 0 Å². The predicted octanol–water partition coefficient (Wildman–Crippen LogP) is 0.605. The predicted molar refractivity (Wildman–Crippen MR) is 310 cm³/mol. The van der Waals surface area contributed by atoms with Gasteiger partial charge in [0.15, 0.2) is 0 Å².